The molecule has 5 nitrogen and oxygen atoms in total. The van der Waals surface area contributed by atoms with Gasteiger partial charge in [0.25, 0.3) is 5.91 Å². The van der Waals surface area contributed by atoms with Crippen molar-refractivity contribution in [2.75, 3.05) is 13.1 Å². The Morgan fingerprint density at radius 2 is 2.25 bits per heavy atom. The number of hydrogen-bond acceptors (Lipinski definition) is 3. The van der Waals surface area contributed by atoms with E-state index >= 15 is 0 Å². The van der Waals surface area contributed by atoms with Crippen molar-refractivity contribution in [2.45, 2.75) is 13.8 Å². The number of oxime groups is 1. The fraction of sp³-hybridized carbons (Fsp3) is 0.385. The van der Waals surface area contributed by atoms with E-state index in [0.717, 1.165) is 0 Å². The molecule has 0 aliphatic carbocycles. The average Bonchev–Trinajstić information content (AvgIpc) is 2.45. The molecule has 110 valence electrons. The van der Waals surface area contributed by atoms with Crippen molar-refractivity contribution in [3.63, 3.8) is 0 Å². The summed E-state index contributed by atoms with van der Waals surface area (Å²) in [6, 6.07) is 5.05. The zero-order valence-corrected chi connectivity index (χ0v) is 13.6. The van der Waals surface area contributed by atoms with Crippen LogP contribution in [-0.4, -0.2) is 34.9 Å². The molecule has 1 amide bonds. The van der Waals surface area contributed by atoms with Crippen LogP contribution in [0, 0.1) is 5.92 Å². The van der Waals surface area contributed by atoms with Gasteiger partial charge in [-0.2, -0.15) is 0 Å². The topological polar surface area (TPSA) is 78.9 Å². The molecule has 1 aromatic carbocycles. The van der Waals surface area contributed by atoms with E-state index in [1.807, 2.05) is 6.92 Å². The molecular weight excluding hydrogens is 346 g/mol. The molecule has 7 heteroatoms. The first-order chi connectivity index (χ1) is 9.40. The Labute approximate surface area is 131 Å². The van der Waals surface area contributed by atoms with E-state index in [9.17, 15) is 4.79 Å². The highest BCUT2D eigenvalue weighted by molar-refractivity contribution is 9.10. The lowest BCUT2D eigenvalue weighted by Gasteiger charge is -2.24. The highest BCUT2D eigenvalue weighted by atomic mass is 79.9. The maximum atomic E-state index is 12.5. The predicted octanol–water partition coefficient (Wildman–Crippen LogP) is 2.95. The normalized spacial score (nSPS) is 13.1. The van der Waals surface area contributed by atoms with Crippen molar-refractivity contribution < 1.29 is 10.0 Å². The minimum Gasteiger partial charge on any atom is -0.409 e. The SMILES string of the molecule is CCN(CC(C)/C(N)=N/O)C(=O)c1cc(Cl)ccc1Br. The van der Waals surface area contributed by atoms with Crippen LogP contribution in [-0.2, 0) is 0 Å². The average molecular weight is 363 g/mol. The lowest BCUT2D eigenvalue weighted by atomic mass is 10.1. The van der Waals surface area contributed by atoms with Crippen LogP contribution in [0.4, 0.5) is 0 Å². The van der Waals surface area contributed by atoms with Crippen molar-refractivity contribution in [1.82, 2.24) is 4.90 Å². The van der Waals surface area contributed by atoms with Crippen LogP contribution < -0.4 is 5.73 Å². The second-order valence-electron chi connectivity index (χ2n) is 4.39. The number of benzene rings is 1. The van der Waals surface area contributed by atoms with Crippen molar-refractivity contribution in [3.8, 4) is 0 Å². The third-order valence-electron chi connectivity index (χ3n) is 2.94. The molecular formula is C13H17BrClN3O2. The summed E-state index contributed by atoms with van der Waals surface area (Å²) in [5.41, 5.74) is 6.04. The first-order valence-electron chi connectivity index (χ1n) is 6.12. The maximum absolute atomic E-state index is 12.5. The molecule has 0 spiro atoms. The Morgan fingerprint density at radius 1 is 1.60 bits per heavy atom. The standard InChI is InChI=1S/C13H17BrClN3O2/c1-3-18(7-8(2)12(16)17-20)13(19)10-6-9(15)4-5-11(10)14/h4-6,8,20H,3,7H2,1-2H3,(H2,16,17). The largest absolute Gasteiger partial charge is 0.409 e. The van der Waals surface area contributed by atoms with Gasteiger partial charge in [-0.3, -0.25) is 4.79 Å². The van der Waals surface area contributed by atoms with Gasteiger partial charge in [-0.1, -0.05) is 23.7 Å². The van der Waals surface area contributed by atoms with E-state index in [-0.39, 0.29) is 17.7 Å². The molecule has 0 fully saturated rings. The van der Waals surface area contributed by atoms with E-state index in [0.29, 0.717) is 28.1 Å². The van der Waals surface area contributed by atoms with Crippen molar-refractivity contribution >= 4 is 39.3 Å². The van der Waals surface area contributed by atoms with Gasteiger partial charge in [0, 0.05) is 28.5 Å². The van der Waals surface area contributed by atoms with Gasteiger partial charge in [0.05, 0.1) is 5.56 Å². The molecule has 0 saturated carbocycles. The van der Waals surface area contributed by atoms with Gasteiger partial charge in [0.15, 0.2) is 0 Å². The number of nitrogens with zero attached hydrogens (tertiary/aromatic N) is 2. The van der Waals surface area contributed by atoms with Crippen molar-refractivity contribution in [2.24, 2.45) is 16.8 Å². The third kappa shape index (κ3) is 4.11. The molecule has 1 rings (SSSR count). The lowest BCUT2D eigenvalue weighted by molar-refractivity contribution is 0.0753. The van der Waals surface area contributed by atoms with Crippen molar-refractivity contribution in [1.29, 1.82) is 0 Å². The number of amidine groups is 1. The van der Waals surface area contributed by atoms with Gasteiger partial charge >= 0.3 is 0 Å². The lowest BCUT2D eigenvalue weighted by Crippen LogP contribution is -2.38. The number of amides is 1. The molecule has 0 aromatic heterocycles. The van der Waals surface area contributed by atoms with E-state index in [1.165, 1.54) is 0 Å². The molecule has 20 heavy (non-hydrogen) atoms. The highest BCUT2D eigenvalue weighted by Gasteiger charge is 2.20. The first kappa shape index (κ1) is 16.8. The van der Waals surface area contributed by atoms with Crippen LogP contribution in [0.3, 0.4) is 0 Å². The van der Waals surface area contributed by atoms with E-state index in [2.05, 4.69) is 21.1 Å². The maximum Gasteiger partial charge on any atom is 0.255 e. The molecule has 3 N–H and O–H groups in total. The number of nitrogens with two attached hydrogens (primary N) is 1. The van der Waals surface area contributed by atoms with E-state index in [4.69, 9.17) is 22.5 Å². The predicted molar refractivity (Wildman–Crippen MR) is 83.3 cm³/mol. The summed E-state index contributed by atoms with van der Waals surface area (Å²) in [6.45, 7) is 4.54. The van der Waals surface area contributed by atoms with Crippen LogP contribution in [0.25, 0.3) is 0 Å². The Hall–Kier alpha value is -1.27. The summed E-state index contributed by atoms with van der Waals surface area (Å²) in [7, 11) is 0. The fourth-order valence-corrected chi connectivity index (χ4v) is 2.30. The summed E-state index contributed by atoms with van der Waals surface area (Å²) in [5.74, 6) is -0.289. The molecule has 0 aliphatic heterocycles. The molecule has 0 radical (unpaired) electrons. The number of rotatable bonds is 5. The Morgan fingerprint density at radius 3 is 2.80 bits per heavy atom. The minimum atomic E-state index is -0.234. The number of halogens is 2. The van der Waals surface area contributed by atoms with Crippen molar-refractivity contribution in [3.05, 3.63) is 33.3 Å². The van der Waals surface area contributed by atoms with Gasteiger partial charge in [0.1, 0.15) is 5.84 Å². The monoisotopic (exact) mass is 361 g/mol. The number of carbonyl (C=O) groups excluding carboxylic acids is 1. The Kier molecular flexibility index (Phi) is 6.29. The molecule has 0 aliphatic rings. The summed E-state index contributed by atoms with van der Waals surface area (Å²) in [5, 5.41) is 12.1. The summed E-state index contributed by atoms with van der Waals surface area (Å²) in [6.07, 6.45) is 0. The van der Waals surface area contributed by atoms with Crippen LogP contribution in [0.2, 0.25) is 5.02 Å². The Bertz CT molecular complexity index is 522. The van der Waals surface area contributed by atoms with Gasteiger partial charge in [-0.05, 0) is 41.1 Å². The van der Waals surface area contributed by atoms with E-state index in [1.54, 1.807) is 30.0 Å². The van der Waals surface area contributed by atoms with Crippen LogP contribution in [0.1, 0.15) is 24.2 Å². The summed E-state index contributed by atoms with van der Waals surface area (Å²) >= 11 is 9.27. The molecule has 0 heterocycles. The van der Waals surface area contributed by atoms with Crippen LogP contribution in [0.15, 0.2) is 27.8 Å². The molecule has 1 atom stereocenters. The van der Waals surface area contributed by atoms with Gasteiger partial charge < -0.3 is 15.8 Å². The molecule has 0 saturated heterocycles. The van der Waals surface area contributed by atoms with Crippen LogP contribution in [0.5, 0.6) is 0 Å². The second kappa shape index (κ2) is 7.50. The Balaban J connectivity index is 2.95. The highest BCUT2D eigenvalue weighted by Crippen LogP contribution is 2.23. The summed E-state index contributed by atoms with van der Waals surface area (Å²) < 4.78 is 0.682. The second-order valence-corrected chi connectivity index (χ2v) is 5.68. The quantitative estimate of drug-likeness (QED) is 0.366. The van der Waals surface area contributed by atoms with Gasteiger partial charge in [-0.25, -0.2) is 0 Å². The summed E-state index contributed by atoms with van der Waals surface area (Å²) in [4.78, 5) is 14.1. The van der Waals surface area contributed by atoms with Gasteiger partial charge in [-0.15, -0.1) is 0 Å². The zero-order valence-electron chi connectivity index (χ0n) is 11.3. The smallest absolute Gasteiger partial charge is 0.255 e. The molecule has 1 unspecified atom stereocenters. The fourth-order valence-electron chi connectivity index (χ4n) is 1.71. The minimum absolute atomic E-state index is 0.0985. The number of hydrogen-bond donors (Lipinski definition) is 2. The van der Waals surface area contributed by atoms with Gasteiger partial charge in [0.2, 0.25) is 0 Å². The van der Waals surface area contributed by atoms with Crippen LogP contribution >= 0.6 is 27.5 Å². The number of carbonyl (C=O) groups is 1. The van der Waals surface area contributed by atoms with E-state index < -0.39 is 0 Å². The molecule has 0 bridgehead atoms. The third-order valence-corrected chi connectivity index (χ3v) is 3.87. The molecule has 1 aromatic rings. The first-order valence-corrected chi connectivity index (χ1v) is 7.29. The zero-order chi connectivity index (χ0) is 15.3.